The van der Waals surface area contributed by atoms with Gasteiger partial charge in [0.25, 0.3) is 11.8 Å². The Bertz CT molecular complexity index is 1240. The first kappa shape index (κ1) is 20.0. The highest BCUT2D eigenvalue weighted by Gasteiger charge is 2.15. The van der Waals surface area contributed by atoms with E-state index in [0.717, 1.165) is 0 Å². The lowest BCUT2D eigenvalue weighted by Crippen LogP contribution is -2.26. The molecule has 4 aromatic rings. The van der Waals surface area contributed by atoms with Gasteiger partial charge < -0.3 is 15.4 Å². The van der Waals surface area contributed by atoms with Crippen molar-refractivity contribution < 1.29 is 18.7 Å². The van der Waals surface area contributed by atoms with Gasteiger partial charge in [-0.25, -0.2) is 4.39 Å². The number of fused-ring (bicyclic) bond motifs is 1. The van der Waals surface area contributed by atoms with Crippen LogP contribution < -0.4 is 15.4 Å². The third-order valence-electron chi connectivity index (χ3n) is 4.43. The third kappa shape index (κ3) is 4.67. The molecule has 31 heavy (non-hydrogen) atoms. The maximum absolute atomic E-state index is 13.7. The molecule has 0 saturated carbocycles. The molecule has 2 heterocycles. The van der Waals surface area contributed by atoms with Crippen LogP contribution in [0.15, 0.2) is 72.9 Å². The van der Waals surface area contributed by atoms with Crippen LogP contribution in [0.4, 0.5) is 10.1 Å². The van der Waals surface area contributed by atoms with Crippen molar-refractivity contribution in [3.05, 3.63) is 90.1 Å². The van der Waals surface area contributed by atoms with Crippen LogP contribution in [0.3, 0.4) is 0 Å². The molecule has 4 rings (SSSR count). The smallest absolute Gasteiger partial charge is 0.262 e. The summed E-state index contributed by atoms with van der Waals surface area (Å²) in [5.74, 6) is -0.675. The van der Waals surface area contributed by atoms with Crippen molar-refractivity contribution in [1.82, 2.24) is 19.9 Å². The molecule has 2 N–H and O–H groups in total. The number of halogens is 1. The molecule has 2 aromatic carbocycles. The van der Waals surface area contributed by atoms with Crippen LogP contribution in [0.5, 0.6) is 5.75 Å². The molecule has 0 radical (unpaired) electrons. The minimum Gasteiger partial charge on any atom is -0.483 e. The number of ether oxygens (including phenoxy) is 1. The van der Waals surface area contributed by atoms with Crippen LogP contribution >= 0.6 is 0 Å². The monoisotopic (exact) mass is 419 g/mol. The number of rotatable bonds is 7. The molecule has 8 nitrogen and oxygen atoms in total. The molecular formula is C22H18FN5O3. The summed E-state index contributed by atoms with van der Waals surface area (Å²) >= 11 is 0. The number of nitrogens with one attached hydrogen (secondary N) is 2. The fourth-order valence-corrected chi connectivity index (χ4v) is 2.94. The number of anilines is 1. The van der Waals surface area contributed by atoms with E-state index in [4.69, 9.17) is 4.74 Å². The lowest BCUT2D eigenvalue weighted by atomic mass is 10.2. The first-order chi connectivity index (χ1) is 15.1. The second kappa shape index (κ2) is 9.04. The van der Waals surface area contributed by atoms with E-state index in [-0.39, 0.29) is 30.2 Å². The summed E-state index contributed by atoms with van der Waals surface area (Å²) < 4.78 is 20.9. The molecule has 0 aliphatic heterocycles. The second-order valence-corrected chi connectivity index (χ2v) is 6.54. The normalized spacial score (nSPS) is 10.6. The molecule has 2 aromatic heterocycles. The molecule has 0 atom stereocenters. The molecule has 156 valence electrons. The van der Waals surface area contributed by atoms with Crippen molar-refractivity contribution in [2.45, 2.75) is 6.54 Å². The number of amides is 2. The van der Waals surface area contributed by atoms with Gasteiger partial charge in [0.15, 0.2) is 18.1 Å². The first-order valence-corrected chi connectivity index (χ1v) is 9.45. The zero-order valence-corrected chi connectivity index (χ0v) is 16.3. The van der Waals surface area contributed by atoms with Gasteiger partial charge in [0.05, 0.1) is 17.8 Å². The van der Waals surface area contributed by atoms with Gasteiger partial charge in [-0.2, -0.15) is 0 Å². The highest BCUT2D eigenvalue weighted by molar-refractivity contribution is 5.97. The van der Waals surface area contributed by atoms with E-state index >= 15 is 0 Å². The molecule has 9 heteroatoms. The Morgan fingerprint density at radius 1 is 0.968 bits per heavy atom. The van der Waals surface area contributed by atoms with Gasteiger partial charge in [-0.05, 0) is 36.4 Å². The zero-order chi connectivity index (χ0) is 21.6. The predicted molar refractivity (Wildman–Crippen MR) is 111 cm³/mol. The number of hydrogen-bond acceptors (Lipinski definition) is 5. The van der Waals surface area contributed by atoms with E-state index in [1.807, 2.05) is 24.4 Å². The fraction of sp³-hybridized carbons (Fsp3) is 0.0909. The Balaban J connectivity index is 1.39. The van der Waals surface area contributed by atoms with Crippen LogP contribution in [0, 0.1) is 5.82 Å². The number of nitrogens with zero attached hydrogens (tertiary/aromatic N) is 3. The first-order valence-electron chi connectivity index (χ1n) is 9.45. The van der Waals surface area contributed by atoms with E-state index in [9.17, 15) is 14.0 Å². The van der Waals surface area contributed by atoms with Gasteiger partial charge in [-0.1, -0.05) is 30.3 Å². The van der Waals surface area contributed by atoms with Gasteiger partial charge in [0.1, 0.15) is 11.6 Å². The topological polar surface area (TPSA) is 97.6 Å². The quantitative estimate of drug-likeness (QED) is 0.480. The van der Waals surface area contributed by atoms with E-state index in [1.54, 1.807) is 34.7 Å². The molecule has 2 amide bonds. The highest BCUT2D eigenvalue weighted by atomic mass is 19.1. The largest absolute Gasteiger partial charge is 0.483 e. The van der Waals surface area contributed by atoms with Crippen molar-refractivity contribution in [2.75, 3.05) is 11.9 Å². The lowest BCUT2D eigenvalue weighted by molar-refractivity contribution is -0.118. The average Bonchev–Trinajstić information content (AvgIpc) is 3.21. The number of para-hydroxylation sites is 2. The second-order valence-electron chi connectivity index (χ2n) is 6.54. The van der Waals surface area contributed by atoms with Crippen LogP contribution in [-0.2, 0) is 11.3 Å². The Hall–Kier alpha value is -4.27. The van der Waals surface area contributed by atoms with E-state index in [1.165, 1.54) is 18.2 Å². The average molecular weight is 419 g/mol. The van der Waals surface area contributed by atoms with Crippen LogP contribution in [-0.4, -0.2) is 33.0 Å². The van der Waals surface area contributed by atoms with Crippen molar-refractivity contribution in [3.8, 4) is 5.75 Å². The van der Waals surface area contributed by atoms with E-state index in [2.05, 4.69) is 20.8 Å². The summed E-state index contributed by atoms with van der Waals surface area (Å²) in [4.78, 5) is 24.8. The number of carbonyl (C=O) groups is 2. The summed E-state index contributed by atoms with van der Waals surface area (Å²) in [6, 6.07) is 17.9. The Morgan fingerprint density at radius 2 is 1.74 bits per heavy atom. The molecule has 0 spiro atoms. The van der Waals surface area contributed by atoms with Gasteiger partial charge in [-0.3, -0.25) is 14.0 Å². The zero-order valence-electron chi connectivity index (χ0n) is 16.3. The van der Waals surface area contributed by atoms with Crippen molar-refractivity contribution in [2.24, 2.45) is 0 Å². The maximum Gasteiger partial charge on any atom is 0.262 e. The summed E-state index contributed by atoms with van der Waals surface area (Å²) in [6.07, 6.45) is 1.81. The Labute approximate surface area is 176 Å². The van der Waals surface area contributed by atoms with Crippen molar-refractivity contribution >= 4 is 23.1 Å². The van der Waals surface area contributed by atoms with Crippen LogP contribution in [0.1, 0.15) is 16.2 Å². The number of hydrogen-bond donors (Lipinski definition) is 2. The fourth-order valence-electron chi connectivity index (χ4n) is 2.94. The number of benzene rings is 2. The highest BCUT2D eigenvalue weighted by Crippen LogP contribution is 2.18. The van der Waals surface area contributed by atoms with Gasteiger partial charge >= 0.3 is 0 Å². The maximum atomic E-state index is 13.7. The minimum atomic E-state index is -0.546. The summed E-state index contributed by atoms with van der Waals surface area (Å²) in [7, 11) is 0. The van der Waals surface area contributed by atoms with Crippen molar-refractivity contribution in [3.63, 3.8) is 0 Å². The summed E-state index contributed by atoms with van der Waals surface area (Å²) in [5.41, 5.74) is 0.994. The van der Waals surface area contributed by atoms with Crippen molar-refractivity contribution in [1.29, 1.82) is 0 Å². The minimum absolute atomic E-state index is 0.0580. The SMILES string of the molecule is O=C(COc1ccccc1C(=O)NCc1nnc2ccccn12)Nc1ccccc1F. The Morgan fingerprint density at radius 3 is 2.61 bits per heavy atom. The van der Waals surface area contributed by atoms with Gasteiger partial charge in [0.2, 0.25) is 0 Å². The molecule has 0 aliphatic carbocycles. The van der Waals surface area contributed by atoms with Gasteiger partial charge in [-0.15, -0.1) is 10.2 Å². The van der Waals surface area contributed by atoms with Crippen LogP contribution in [0.2, 0.25) is 0 Å². The van der Waals surface area contributed by atoms with Crippen LogP contribution in [0.25, 0.3) is 5.65 Å². The molecular weight excluding hydrogens is 401 g/mol. The van der Waals surface area contributed by atoms with Gasteiger partial charge in [0, 0.05) is 6.20 Å². The van der Waals surface area contributed by atoms with E-state index < -0.39 is 17.6 Å². The number of aromatic nitrogens is 3. The predicted octanol–water partition coefficient (Wildman–Crippen LogP) is 2.82. The number of pyridine rings is 1. The molecule has 0 aliphatic rings. The number of carbonyl (C=O) groups excluding carboxylic acids is 2. The molecule has 0 unspecified atom stereocenters. The molecule has 0 saturated heterocycles. The lowest BCUT2D eigenvalue weighted by Gasteiger charge is -2.12. The summed E-state index contributed by atoms with van der Waals surface area (Å²) in [6.45, 7) is -0.223. The standard InChI is InChI=1S/C22H18FN5O3/c23-16-8-2-3-9-17(16)25-21(29)14-31-18-10-4-1-7-15(18)22(30)24-13-20-27-26-19-11-5-6-12-28(19)20/h1-12H,13-14H2,(H,24,30)(H,25,29). The third-order valence-corrected chi connectivity index (χ3v) is 4.43. The molecule has 0 bridgehead atoms. The Kier molecular flexibility index (Phi) is 5.84. The molecule has 0 fully saturated rings. The van der Waals surface area contributed by atoms with E-state index in [0.29, 0.717) is 11.5 Å². The summed E-state index contributed by atoms with van der Waals surface area (Å²) in [5, 5.41) is 13.3.